The molecule has 1 N–H and O–H groups in total. The average Bonchev–Trinajstić information content (AvgIpc) is 2.73. The van der Waals surface area contributed by atoms with E-state index in [4.69, 9.17) is 0 Å². The van der Waals surface area contributed by atoms with Crippen LogP contribution in [0.2, 0.25) is 0 Å². The molecule has 1 nitrogen and oxygen atoms in total. The van der Waals surface area contributed by atoms with Crippen LogP contribution in [-0.4, -0.2) is 0 Å². The van der Waals surface area contributed by atoms with E-state index in [-0.39, 0.29) is 0 Å². The van der Waals surface area contributed by atoms with Crippen molar-refractivity contribution in [3.8, 4) is 0 Å². The summed E-state index contributed by atoms with van der Waals surface area (Å²) >= 11 is 5.21. The zero-order valence-corrected chi connectivity index (χ0v) is 12.4. The van der Waals surface area contributed by atoms with E-state index in [9.17, 15) is 0 Å². The molecule has 2 rings (SSSR count). The summed E-state index contributed by atoms with van der Waals surface area (Å²) in [7, 11) is 0. The highest BCUT2D eigenvalue weighted by Crippen LogP contribution is 2.21. The van der Waals surface area contributed by atoms with Crippen LogP contribution < -0.4 is 5.32 Å². The predicted octanol–water partition coefficient (Wildman–Crippen LogP) is 4.67. The fourth-order valence-electron chi connectivity index (χ4n) is 1.68. The van der Waals surface area contributed by atoms with Gasteiger partial charge in [0.25, 0.3) is 0 Å². The number of hydrogen-bond acceptors (Lipinski definition) is 2. The number of nitrogens with one attached hydrogen (secondary N) is 1. The average molecular weight is 310 g/mol. The second-order valence-corrected chi connectivity index (χ2v) is 6.56. The minimum absolute atomic E-state index is 0.384. The second kappa shape index (κ2) is 5.80. The van der Waals surface area contributed by atoms with Gasteiger partial charge < -0.3 is 5.32 Å². The predicted molar refractivity (Wildman–Crippen MR) is 78.5 cm³/mol. The maximum atomic E-state index is 3.53. The fourth-order valence-corrected chi connectivity index (χ4v) is 2.89. The molecule has 0 aliphatic heterocycles. The van der Waals surface area contributed by atoms with Crippen molar-refractivity contribution < 1.29 is 0 Å². The number of aryl methyl sites for hydroxylation is 1. The summed E-state index contributed by atoms with van der Waals surface area (Å²) in [5.74, 6) is 0. The molecule has 1 aromatic carbocycles. The Morgan fingerprint density at radius 3 is 2.59 bits per heavy atom. The van der Waals surface area contributed by atoms with E-state index < -0.39 is 0 Å². The zero-order valence-electron chi connectivity index (χ0n) is 10.0. The maximum Gasteiger partial charge on any atom is 0.0701 e. The van der Waals surface area contributed by atoms with Crippen LogP contribution in [0, 0.1) is 6.92 Å². The van der Waals surface area contributed by atoms with Gasteiger partial charge in [0.15, 0.2) is 0 Å². The highest BCUT2D eigenvalue weighted by atomic mass is 79.9. The van der Waals surface area contributed by atoms with Crippen LogP contribution >= 0.6 is 27.3 Å². The molecule has 2 aromatic rings. The molecule has 1 aromatic heterocycles. The van der Waals surface area contributed by atoms with E-state index in [1.165, 1.54) is 20.5 Å². The second-order valence-electron chi connectivity index (χ2n) is 4.27. The van der Waals surface area contributed by atoms with E-state index in [0.29, 0.717) is 6.04 Å². The monoisotopic (exact) mass is 309 g/mol. The van der Waals surface area contributed by atoms with E-state index in [2.05, 4.69) is 70.8 Å². The number of rotatable bonds is 4. The van der Waals surface area contributed by atoms with Crippen LogP contribution in [-0.2, 0) is 6.54 Å². The summed E-state index contributed by atoms with van der Waals surface area (Å²) in [4.78, 5) is 0. The highest BCUT2D eigenvalue weighted by molar-refractivity contribution is 9.11. The lowest BCUT2D eigenvalue weighted by molar-refractivity contribution is 0.575. The molecular weight excluding hydrogens is 294 g/mol. The number of thiophene rings is 1. The van der Waals surface area contributed by atoms with Crippen molar-refractivity contribution in [2.24, 2.45) is 0 Å². The zero-order chi connectivity index (χ0) is 12.3. The van der Waals surface area contributed by atoms with Gasteiger partial charge in [-0.3, -0.25) is 0 Å². The van der Waals surface area contributed by atoms with Gasteiger partial charge in [-0.05, 0) is 52.4 Å². The van der Waals surface area contributed by atoms with Crippen molar-refractivity contribution in [3.63, 3.8) is 0 Å². The Bertz CT molecular complexity index is 475. The maximum absolute atomic E-state index is 3.53. The summed E-state index contributed by atoms with van der Waals surface area (Å²) < 4.78 is 1.19. The van der Waals surface area contributed by atoms with E-state index >= 15 is 0 Å². The van der Waals surface area contributed by atoms with Gasteiger partial charge in [0.1, 0.15) is 0 Å². The van der Waals surface area contributed by atoms with Gasteiger partial charge >= 0.3 is 0 Å². The third kappa shape index (κ3) is 3.66. The molecule has 0 fully saturated rings. The third-order valence-electron chi connectivity index (χ3n) is 2.81. The van der Waals surface area contributed by atoms with Crippen molar-refractivity contribution in [1.82, 2.24) is 5.32 Å². The Morgan fingerprint density at radius 1 is 1.29 bits per heavy atom. The standard InChI is InChI=1S/C14H16BrNS/c1-10-3-5-13(6-4-10)11(2)16-8-12-7-14(15)17-9-12/h3-7,9,11,16H,8H2,1-2H3. The molecule has 0 radical (unpaired) electrons. The summed E-state index contributed by atoms with van der Waals surface area (Å²) in [6.45, 7) is 5.23. The van der Waals surface area contributed by atoms with E-state index in [1.54, 1.807) is 11.3 Å². The first-order valence-corrected chi connectivity index (χ1v) is 7.35. The molecule has 0 bridgehead atoms. The molecule has 0 amide bonds. The topological polar surface area (TPSA) is 12.0 Å². The van der Waals surface area contributed by atoms with Crippen molar-refractivity contribution in [2.45, 2.75) is 26.4 Å². The number of hydrogen-bond donors (Lipinski definition) is 1. The molecule has 0 spiro atoms. The van der Waals surface area contributed by atoms with Crippen LogP contribution in [0.1, 0.15) is 29.7 Å². The molecule has 17 heavy (non-hydrogen) atoms. The number of halogens is 1. The molecule has 1 heterocycles. The highest BCUT2D eigenvalue weighted by Gasteiger charge is 2.05. The van der Waals surface area contributed by atoms with Gasteiger partial charge in [0.2, 0.25) is 0 Å². The molecule has 0 saturated heterocycles. The lowest BCUT2D eigenvalue weighted by Crippen LogP contribution is -2.17. The molecule has 90 valence electrons. The van der Waals surface area contributed by atoms with Crippen LogP contribution in [0.25, 0.3) is 0 Å². The summed E-state index contributed by atoms with van der Waals surface area (Å²) in [5, 5.41) is 5.71. The first-order valence-electron chi connectivity index (χ1n) is 5.68. The first kappa shape index (κ1) is 12.8. The quantitative estimate of drug-likeness (QED) is 0.865. The van der Waals surface area contributed by atoms with Crippen molar-refractivity contribution in [1.29, 1.82) is 0 Å². The van der Waals surface area contributed by atoms with Gasteiger partial charge in [-0.15, -0.1) is 11.3 Å². The largest absolute Gasteiger partial charge is 0.306 e. The minimum Gasteiger partial charge on any atom is -0.306 e. The Balaban J connectivity index is 1.93. The van der Waals surface area contributed by atoms with E-state index in [0.717, 1.165) is 6.54 Å². The number of benzene rings is 1. The lowest BCUT2D eigenvalue weighted by Gasteiger charge is -2.13. The van der Waals surface area contributed by atoms with Crippen molar-refractivity contribution >= 4 is 27.3 Å². The fraction of sp³-hybridized carbons (Fsp3) is 0.286. The lowest BCUT2D eigenvalue weighted by atomic mass is 10.1. The summed E-state index contributed by atoms with van der Waals surface area (Å²) in [6, 6.07) is 11.3. The van der Waals surface area contributed by atoms with Crippen LogP contribution in [0.4, 0.5) is 0 Å². The van der Waals surface area contributed by atoms with Crippen molar-refractivity contribution in [2.75, 3.05) is 0 Å². The molecule has 0 aliphatic rings. The minimum atomic E-state index is 0.384. The van der Waals surface area contributed by atoms with Crippen molar-refractivity contribution in [3.05, 3.63) is 56.2 Å². The molecule has 0 aliphatic carbocycles. The Labute approximate surface area is 115 Å². The molecule has 0 saturated carbocycles. The first-order chi connectivity index (χ1) is 8.15. The van der Waals surface area contributed by atoms with E-state index in [1.807, 2.05) is 0 Å². The summed E-state index contributed by atoms with van der Waals surface area (Å²) in [5.41, 5.74) is 3.98. The normalized spacial score (nSPS) is 12.6. The molecule has 3 heteroatoms. The van der Waals surface area contributed by atoms with Crippen LogP contribution in [0.15, 0.2) is 39.5 Å². The summed E-state index contributed by atoms with van der Waals surface area (Å²) in [6.07, 6.45) is 0. The van der Waals surface area contributed by atoms with Gasteiger partial charge in [0.05, 0.1) is 3.79 Å². The third-order valence-corrected chi connectivity index (χ3v) is 4.36. The van der Waals surface area contributed by atoms with Crippen LogP contribution in [0.3, 0.4) is 0 Å². The smallest absolute Gasteiger partial charge is 0.0701 e. The van der Waals surface area contributed by atoms with Gasteiger partial charge in [-0.2, -0.15) is 0 Å². The Hall–Kier alpha value is -0.640. The van der Waals surface area contributed by atoms with Crippen LogP contribution in [0.5, 0.6) is 0 Å². The van der Waals surface area contributed by atoms with Gasteiger partial charge in [-0.1, -0.05) is 29.8 Å². The van der Waals surface area contributed by atoms with Gasteiger partial charge in [-0.25, -0.2) is 0 Å². The SMILES string of the molecule is Cc1ccc(C(C)NCc2csc(Br)c2)cc1. The molecular formula is C14H16BrNS. The Morgan fingerprint density at radius 2 is 2.00 bits per heavy atom. The molecule has 1 atom stereocenters. The van der Waals surface area contributed by atoms with Gasteiger partial charge in [0, 0.05) is 12.6 Å². The Kier molecular flexibility index (Phi) is 4.37. The molecule has 1 unspecified atom stereocenters.